The van der Waals surface area contributed by atoms with Crippen LogP contribution in [0.25, 0.3) is 0 Å². The molecule has 28 heavy (non-hydrogen) atoms. The zero-order valence-electron chi connectivity index (χ0n) is 17.1. The quantitative estimate of drug-likeness (QED) is 0.705. The smallest absolute Gasteiger partial charge is 0.252 e. The zero-order chi connectivity index (χ0) is 19.6. The highest BCUT2D eigenvalue weighted by atomic mass is 16.5. The van der Waals surface area contributed by atoms with Gasteiger partial charge in [-0.3, -0.25) is 4.79 Å². The normalized spacial score (nSPS) is 26.9. The molecular formula is C22H34N4O2. The number of hydrogen-bond donors (Lipinski definition) is 2. The molecule has 1 aromatic heterocycles. The summed E-state index contributed by atoms with van der Waals surface area (Å²) in [5.41, 5.74) is 7.17. The van der Waals surface area contributed by atoms with Gasteiger partial charge in [0.25, 0.3) is 5.91 Å². The summed E-state index contributed by atoms with van der Waals surface area (Å²) in [5, 5.41) is 3.50. The maximum atomic E-state index is 11.9. The second-order valence-electron chi connectivity index (χ2n) is 9.11. The van der Waals surface area contributed by atoms with E-state index in [4.69, 9.17) is 15.5 Å². The van der Waals surface area contributed by atoms with Crippen molar-refractivity contribution in [1.82, 2.24) is 9.97 Å². The monoisotopic (exact) mass is 386 g/mol. The molecule has 3 aliphatic rings. The Bertz CT molecular complexity index is 690. The lowest BCUT2D eigenvalue weighted by Crippen LogP contribution is -2.31. The van der Waals surface area contributed by atoms with Crippen molar-refractivity contribution in [2.75, 3.05) is 5.32 Å². The Morgan fingerprint density at radius 3 is 2.39 bits per heavy atom. The Kier molecular flexibility index (Phi) is 5.85. The molecule has 6 nitrogen and oxygen atoms in total. The van der Waals surface area contributed by atoms with Gasteiger partial charge in [0, 0.05) is 12.2 Å². The minimum atomic E-state index is -0.427. The average molecular weight is 387 g/mol. The first-order valence-corrected chi connectivity index (χ1v) is 11.1. The van der Waals surface area contributed by atoms with Crippen LogP contribution in [0.4, 0.5) is 5.95 Å². The molecule has 6 heteroatoms. The summed E-state index contributed by atoms with van der Waals surface area (Å²) in [6.45, 7) is 2.25. The highest BCUT2D eigenvalue weighted by molar-refractivity contribution is 5.93. The Hall–Kier alpha value is -1.69. The molecule has 0 atom stereocenters. The first kappa shape index (κ1) is 19.6. The van der Waals surface area contributed by atoms with Crippen molar-refractivity contribution in [2.45, 2.75) is 102 Å². The van der Waals surface area contributed by atoms with Gasteiger partial charge in [0.15, 0.2) is 0 Å². The molecule has 3 saturated carbocycles. The van der Waals surface area contributed by atoms with Crippen molar-refractivity contribution in [3.8, 4) is 0 Å². The number of carbonyl (C=O) groups is 1. The van der Waals surface area contributed by atoms with Gasteiger partial charge in [0.05, 0.1) is 23.5 Å². The van der Waals surface area contributed by atoms with Crippen molar-refractivity contribution < 1.29 is 9.53 Å². The summed E-state index contributed by atoms with van der Waals surface area (Å²) in [6.07, 6.45) is 16.3. The SMILES string of the molecule is CCC1(Cc2nc(NC3CCC(OC4CC4)CC3)ncc2C(N)=O)CCCC1. The second-order valence-corrected chi connectivity index (χ2v) is 9.11. The number of ether oxygens (including phenoxy) is 1. The van der Waals surface area contributed by atoms with Gasteiger partial charge in [-0.1, -0.05) is 26.2 Å². The molecule has 1 aromatic rings. The highest BCUT2D eigenvalue weighted by Crippen LogP contribution is 2.43. The third kappa shape index (κ3) is 4.65. The molecular weight excluding hydrogens is 352 g/mol. The molecule has 0 bridgehead atoms. The number of anilines is 1. The highest BCUT2D eigenvalue weighted by Gasteiger charge is 2.34. The van der Waals surface area contributed by atoms with Gasteiger partial charge in [0.1, 0.15) is 0 Å². The van der Waals surface area contributed by atoms with Crippen LogP contribution >= 0.6 is 0 Å². The Labute approximate surface area is 168 Å². The van der Waals surface area contributed by atoms with E-state index in [-0.39, 0.29) is 5.41 Å². The maximum Gasteiger partial charge on any atom is 0.252 e. The van der Waals surface area contributed by atoms with Gasteiger partial charge < -0.3 is 15.8 Å². The van der Waals surface area contributed by atoms with Gasteiger partial charge in [-0.15, -0.1) is 0 Å². The minimum Gasteiger partial charge on any atom is -0.375 e. The molecule has 3 aliphatic carbocycles. The lowest BCUT2D eigenvalue weighted by atomic mass is 9.78. The van der Waals surface area contributed by atoms with E-state index in [9.17, 15) is 4.79 Å². The molecule has 3 N–H and O–H groups in total. The molecule has 3 fully saturated rings. The summed E-state index contributed by atoms with van der Waals surface area (Å²) in [5.74, 6) is 0.208. The third-order valence-electron chi connectivity index (χ3n) is 7.01. The van der Waals surface area contributed by atoms with Crippen LogP contribution in [0.15, 0.2) is 6.20 Å². The van der Waals surface area contributed by atoms with Crippen molar-refractivity contribution in [1.29, 1.82) is 0 Å². The molecule has 4 rings (SSSR count). The molecule has 0 spiro atoms. The van der Waals surface area contributed by atoms with E-state index >= 15 is 0 Å². The predicted octanol–water partition coefficient (Wildman–Crippen LogP) is 3.99. The summed E-state index contributed by atoms with van der Waals surface area (Å²) >= 11 is 0. The van der Waals surface area contributed by atoms with E-state index in [2.05, 4.69) is 17.2 Å². The lowest BCUT2D eigenvalue weighted by Gasteiger charge is -2.30. The van der Waals surface area contributed by atoms with Crippen LogP contribution in [0.5, 0.6) is 0 Å². The Morgan fingerprint density at radius 1 is 1.18 bits per heavy atom. The van der Waals surface area contributed by atoms with Crippen molar-refractivity contribution in [3.05, 3.63) is 17.5 Å². The van der Waals surface area contributed by atoms with Crippen LogP contribution in [0, 0.1) is 5.41 Å². The van der Waals surface area contributed by atoms with Crippen LogP contribution in [0.3, 0.4) is 0 Å². The first-order valence-electron chi connectivity index (χ1n) is 11.1. The summed E-state index contributed by atoms with van der Waals surface area (Å²) < 4.78 is 6.05. The lowest BCUT2D eigenvalue weighted by molar-refractivity contribution is 0.0146. The number of primary amides is 1. The molecule has 1 heterocycles. The summed E-state index contributed by atoms with van der Waals surface area (Å²) in [6, 6.07) is 0.373. The number of nitrogens with two attached hydrogens (primary N) is 1. The van der Waals surface area contributed by atoms with E-state index in [1.54, 1.807) is 6.20 Å². The van der Waals surface area contributed by atoms with Crippen LogP contribution in [-0.2, 0) is 11.2 Å². The molecule has 0 radical (unpaired) electrons. The van der Waals surface area contributed by atoms with Gasteiger partial charge in [0.2, 0.25) is 5.95 Å². The minimum absolute atomic E-state index is 0.258. The van der Waals surface area contributed by atoms with Gasteiger partial charge in [-0.05, 0) is 63.2 Å². The Morgan fingerprint density at radius 2 is 1.82 bits per heavy atom. The molecule has 0 unspecified atom stereocenters. The first-order chi connectivity index (χ1) is 13.6. The topological polar surface area (TPSA) is 90.1 Å². The van der Waals surface area contributed by atoms with E-state index < -0.39 is 5.91 Å². The van der Waals surface area contributed by atoms with Crippen LogP contribution in [0.2, 0.25) is 0 Å². The fraction of sp³-hybridized carbons (Fsp3) is 0.773. The number of amides is 1. The van der Waals surface area contributed by atoms with Gasteiger partial charge in [-0.25, -0.2) is 9.97 Å². The van der Waals surface area contributed by atoms with Crippen molar-refractivity contribution >= 4 is 11.9 Å². The Balaban J connectivity index is 1.42. The summed E-state index contributed by atoms with van der Waals surface area (Å²) in [4.78, 5) is 21.1. The molecule has 0 saturated heterocycles. The number of carbonyl (C=O) groups excluding carboxylic acids is 1. The van der Waals surface area contributed by atoms with Gasteiger partial charge in [-0.2, -0.15) is 0 Å². The van der Waals surface area contributed by atoms with Crippen LogP contribution < -0.4 is 11.1 Å². The number of aromatic nitrogens is 2. The number of hydrogen-bond acceptors (Lipinski definition) is 5. The number of nitrogens with zero attached hydrogens (tertiary/aromatic N) is 2. The largest absolute Gasteiger partial charge is 0.375 e. The van der Waals surface area contributed by atoms with Crippen LogP contribution in [-0.4, -0.2) is 34.1 Å². The molecule has 1 amide bonds. The molecule has 154 valence electrons. The number of nitrogens with one attached hydrogen (secondary N) is 1. The summed E-state index contributed by atoms with van der Waals surface area (Å²) in [7, 11) is 0. The zero-order valence-corrected chi connectivity index (χ0v) is 17.1. The van der Waals surface area contributed by atoms with Gasteiger partial charge >= 0.3 is 0 Å². The van der Waals surface area contributed by atoms with E-state index in [0.29, 0.717) is 29.8 Å². The van der Waals surface area contributed by atoms with E-state index in [1.807, 2.05) is 0 Å². The van der Waals surface area contributed by atoms with Crippen molar-refractivity contribution in [2.24, 2.45) is 11.1 Å². The predicted molar refractivity (Wildman–Crippen MR) is 109 cm³/mol. The third-order valence-corrected chi connectivity index (χ3v) is 7.01. The fourth-order valence-electron chi connectivity index (χ4n) is 4.96. The fourth-order valence-corrected chi connectivity index (χ4v) is 4.96. The second kappa shape index (κ2) is 8.36. The van der Waals surface area contributed by atoms with Crippen LogP contribution in [0.1, 0.15) is 93.6 Å². The van der Waals surface area contributed by atoms with E-state index in [0.717, 1.165) is 44.2 Å². The van der Waals surface area contributed by atoms with Crippen molar-refractivity contribution in [3.63, 3.8) is 0 Å². The standard InChI is InChI=1S/C22H34N4O2/c1-2-22(11-3-4-12-22)13-19-18(20(23)27)14-24-21(26-19)25-15-5-7-16(8-6-15)28-17-9-10-17/h14-17H,2-13H2,1H3,(H2,23,27)(H,24,25,26). The average Bonchev–Trinajstić information content (AvgIpc) is 3.38. The number of rotatable bonds is 8. The molecule has 0 aliphatic heterocycles. The molecule has 0 aromatic carbocycles. The maximum absolute atomic E-state index is 11.9. The van der Waals surface area contributed by atoms with E-state index in [1.165, 1.54) is 38.5 Å².